The van der Waals surface area contributed by atoms with Gasteiger partial charge in [-0.15, -0.1) is 0 Å². The summed E-state index contributed by atoms with van der Waals surface area (Å²) in [6.07, 6.45) is -4.42. The van der Waals surface area contributed by atoms with E-state index in [1.54, 1.807) is 13.8 Å². The van der Waals surface area contributed by atoms with E-state index < -0.39 is 43.8 Å². The minimum Gasteiger partial charge on any atom is -0.382 e. The van der Waals surface area contributed by atoms with Crippen molar-refractivity contribution in [1.29, 1.82) is 0 Å². The topological polar surface area (TPSA) is 112 Å². The van der Waals surface area contributed by atoms with Gasteiger partial charge in [-0.3, -0.25) is 19.0 Å². The lowest BCUT2D eigenvalue weighted by Crippen LogP contribution is -2.49. The SMILES string of the molecule is CON(C)C(=O)[C@H](OC(C)C)[C@@H](O)C(=O)CP(=O)(OC)OC. The molecule has 0 saturated heterocycles. The molecule has 1 amide bonds. The van der Waals surface area contributed by atoms with Crippen LogP contribution in [0.15, 0.2) is 0 Å². The molecule has 0 heterocycles. The summed E-state index contributed by atoms with van der Waals surface area (Å²) >= 11 is 0. The van der Waals surface area contributed by atoms with E-state index >= 15 is 0 Å². The maximum absolute atomic E-state index is 12.1. The van der Waals surface area contributed by atoms with Gasteiger partial charge in [0, 0.05) is 21.3 Å². The molecule has 0 radical (unpaired) electrons. The number of carbonyl (C=O) groups is 2. The first kappa shape index (κ1) is 21.2. The molecule has 9 nitrogen and oxygen atoms in total. The number of ether oxygens (including phenoxy) is 1. The fraction of sp³-hybridized carbons (Fsp3) is 0.833. The molecule has 0 aliphatic rings. The van der Waals surface area contributed by atoms with Crippen LogP contribution in [0.25, 0.3) is 0 Å². The molecule has 0 aromatic rings. The fourth-order valence-corrected chi connectivity index (χ4v) is 2.46. The summed E-state index contributed by atoms with van der Waals surface area (Å²) in [7, 11) is 1.16. The van der Waals surface area contributed by atoms with Gasteiger partial charge >= 0.3 is 7.60 Å². The quantitative estimate of drug-likeness (QED) is 0.443. The van der Waals surface area contributed by atoms with Gasteiger partial charge in [0.05, 0.1) is 13.2 Å². The molecular weight excluding hydrogens is 317 g/mol. The van der Waals surface area contributed by atoms with Gasteiger partial charge in [0.2, 0.25) is 0 Å². The summed E-state index contributed by atoms with van der Waals surface area (Å²) in [5.41, 5.74) is 0. The van der Waals surface area contributed by atoms with Crippen molar-refractivity contribution in [1.82, 2.24) is 5.06 Å². The van der Waals surface area contributed by atoms with E-state index in [4.69, 9.17) is 9.57 Å². The van der Waals surface area contributed by atoms with Crippen LogP contribution in [0.1, 0.15) is 13.8 Å². The third-order valence-electron chi connectivity index (χ3n) is 2.77. The minimum atomic E-state index is -3.65. The zero-order valence-electron chi connectivity index (χ0n) is 13.6. The number of likely N-dealkylation sites (N-methyl/N-ethyl adjacent to an activating group) is 1. The Balaban J connectivity index is 5.18. The molecule has 0 aliphatic heterocycles. The highest BCUT2D eigenvalue weighted by Crippen LogP contribution is 2.46. The van der Waals surface area contributed by atoms with E-state index in [0.29, 0.717) is 0 Å². The molecule has 2 atom stereocenters. The molecule has 0 aromatic heterocycles. The Labute approximate surface area is 130 Å². The van der Waals surface area contributed by atoms with E-state index in [1.165, 1.54) is 14.2 Å². The summed E-state index contributed by atoms with van der Waals surface area (Å²) in [4.78, 5) is 28.9. The van der Waals surface area contributed by atoms with Gasteiger partial charge in [0.15, 0.2) is 11.9 Å². The van der Waals surface area contributed by atoms with Crippen molar-refractivity contribution in [3.05, 3.63) is 0 Å². The number of Topliss-reactive ketones (excluding diaryl/α,β-unsaturated/α-hetero) is 1. The standard InChI is InChI=1S/C12H24NO8P/c1-8(2)21-11(12(16)13(3)18-4)10(15)9(14)7-22(17,19-5)20-6/h8,10-11,15H,7H2,1-6H3/t10-,11+/m0/s1. The Morgan fingerprint density at radius 3 is 2.05 bits per heavy atom. The van der Waals surface area contributed by atoms with Gasteiger partial charge in [-0.2, -0.15) is 0 Å². The maximum Gasteiger partial charge on any atom is 0.337 e. The molecule has 0 unspecified atom stereocenters. The molecule has 0 aromatic carbocycles. The Hall–Kier alpha value is -0.830. The molecule has 22 heavy (non-hydrogen) atoms. The Kier molecular flexibility index (Phi) is 8.99. The Bertz CT molecular complexity index is 419. The molecular formula is C12H24NO8P. The van der Waals surface area contributed by atoms with Gasteiger partial charge in [0.1, 0.15) is 12.3 Å². The second-order valence-electron chi connectivity index (χ2n) is 4.67. The highest BCUT2D eigenvalue weighted by Gasteiger charge is 2.39. The number of hydrogen-bond acceptors (Lipinski definition) is 8. The first-order valence-corrected chi connectivity index (χ1v) is 8.23. The zero-order valence-corrected chi connectivity index (χ0v) is 14.5. The highest BCUT2D eigenvalue weighted by molar-refractivity contribution is 7.54. The first-order chi connectivity index (χ1) is 10.1. The van der Waals surface area contributed by atoms with Crippen LogP contribution in [0.4, 0.5) is 0 Å². The van der Waals surface area contributed by atoms with E-state index in [0.717, 1.165) is 19.3 Å². The largest absolute Gasteiger partial charge is 0.382 e. The van der Waals surface area contributed by atoms with Crippen molar-refractivity contribution in [3.63, 3.8) is 0 Å². The van der Waals surface area contributed by atoms with Crippen molar-refractivity contribution >= 4 is 19.3 Å². The highest BCUT2D eigenvalue weighted by atomic mass is 31.2. The van der Waals surface area contributed by atoms with Crippen LogP contribution in [-0.4, -0.2) is 74.7 Å². The third-order valence-corrected chi connectivity index (χ3v) is 4.58. The summed E-state index contributed by atoms with van der Waals surface area (Å²) in [5.74, 6) is -1.64. The minimum absolute atomic E-state index is 0.432. The number of ketones is 1. The summed E-state index contributed by atoms with van der Waals surface area (Å²) in [5, 5.41) is 10.9. The van der Waals surface area contributed by atoms with Crippen molar-refractivity contribution in [3.8, 4) is 0 Å². The summed E-state index contributed by atoms with van der Waals surface area (Å²) in [6, 6.07) is 0. The average molecular weight is 341 g/mol. The maximum atomic E-state index is 12.1. The number of amides is 1. The molecule has 0 rings (SSSR count). The molecule has 0 aliphatic carbocycles. The van der Waals surface area contributed by atoms with Crippen LogP contribution < -0.4 is 0 Å². The van der Waals surface area contributed by atoms with Crippen molar-refractivity contribution in [2.45, 2.75) is 32.2 Å². The average Bonchev–Trinajstić information content (AvgIpc) is 2.49. The van der Waals surface area contributed by atoms with Crippen molar-refractivity contribution < 1.29 is 37.9 Å². The van der Waals surface area contributed by atoms with E-state index in [-0.39, 0.29) is 0 Å². The number of hydroxylamine groups is 2. The lowest BCUT2D eigenvalue weighted by atomic mass is 10.1. The van der Waals surface area contributed by atoms with Crippen LogP contribution in [0.5, 0.6) is 0 Å². The normalized spacial score (nSPS) is 14.7. The van der Waals surface area contributed by atoms with Crippen LogP contribution in [0.3, 0.4) is 0 Å². The predicted molar refractivity (Wildman–Crippen MR) is 77.3 cm³/mol. The molecule has 0 fully saturated rings. The number of carbonyl (C=O) groups excluding carboxylic acids is 2. The molecule has 1 N–H and O–H groups in total. The smallest absolute Gasteiger partial charge is 0.337 e. The lowest BCUT2D eigenvalue weighted by Gasteiger charge is -2.27. The first-order valence-electron chi connectivity index (χ1n) is 6.50. The Morgan fingerprint density at radius 2 is 1.68 bits per heavy atom. The number of nitrogens with zero attached hydrogens (tertiary/aromatic N) is 1. The number of aliphatic hydroxyl groups excluding tert-OH is 1. The second-order valence-corrected chi connectivity index (χ2v) is 6.94. The lowest BCUT2D eigenvalue weighted by molar-refractivity contribution is -0.191. The summed E-state index contributed by atoms with van der Waals surface area (Å²) in [6.45, 7) is 3.28. The fourth-order valence-electron chi connectivity index (χ4n) is 1.49. The monoisotopic (exact) mass is 341 g/mol. The van der Waals surface area contributed by atoms with E-state index in [2.05, 4.69) is 9.05 Å². The van der Waals surface area contributed by atoms with Gasteiger partial charge in [-0.05, 0) is 13.8 Å². The molecule has 130 valence electrons. The molecule has 0 bridgehead atoms. The van der Waals surface area contributed by atoms with Crippen LogP contribution in [0, 0.1) is 0 Å². The third kappa shape index (κ3) is 6.12. The second kappa shape index (κ2) is 9.34. The van der Waals surface area contributed by atoms with Gasteiger partial charge in [0.25, 0.3) is 5.91 Å². The van der Waals surface area contributed by atoms with Gasteiger partial charge in [-0.1, -0.05) is 0 Å². The van der Waals surface area contributed by atoms with Crippen LogP contribution in [0.2, 0.25) is 0 Å². The summed E-state index contributed by atoms with van der Waals surface area (Å²) < 4.78 is 26.5. The molecule has 10 heteroatoms. The van der Waals surface area contributed by atoms with Crippen LogP contribution in [-0.2, 0) is 32.8 Å². The van der Waals surface area contributed by atoms with Gasteiger partial charge < -0.3 is 18.9 Å². The zero-order chi connectivity index (χ0) is 17.5. The van der Waals surface area contributed by atoms with E-state index in [9.17, 15) is 19.3 Å². The number of rotatable bonds is 10. The van der Waals surface area contributed by atoms with Crippen molar-refractivity contribution in [2.24, 2.45) is 0 Å². The Morgan fingerprint density at radius 1 is 1.18 bits per heavy atom. The van der Waals surface area contributed by atoms with Crippen molar-refractivity contribution in [2.75, 3.05) is 34.5 Å². The molecule has 0 saturated carbocycles. The number of aliphatic hydroxyl groups is 1. The van der Waals surface area contributed by atoms with Crippen LogP contribution >= 0.6 is 7.60 Å². The van der Waals surface area contributed by atoms with E-state index in [1.807, 2.05) is 0 Å². The van der Waals surface area contributed by atoms with Gasteiger partial charge in [-0.25, -0.2) is 5.06 Å². The predicted octanol–water partition coefficient (Wildman–Crippen LogP) is 0.216. The molecule has 0 spiro atoms. The number of hydrogen-bond donors (Lipinski definition) is 1.